The molecule has 0 aromatic heterocycles. The first-order valence-electron chi connectivity index (χ1n) is 7.19. The minimum atomic E-state index is 0.0674. The molecule has 112 valence electrons. The van der Waals surface area contributed by atoms with Crippen molar-refractivity contribution >= 4 is 11.9 Å². The van der Waals surface area contributed by atoms with Crippen LogP contribution in [0.25, 0.3) is 0 Å². The summed E-state index contributed by atoms with van der Waals surface area (Å²) >= 11 is 0. The number of guanidine groups is 1. The normalized spacial score (nSPS) is 11.8. The van der Waals surface area contributed by atoms with Crippen LogP contribution in [0.5, 0.6) is 0 Å². The van der Waals surface area contributed by atoms with Crippen LogP contribution in [0.2, 0.25) is 0 Å². The molecule has 0 bridgehead atoms. The highest BCUT2D eigenvalue weighted by Crippen LogP contribution is 2.01. The smallest absolute Gasteiger partial charge is 0.221 e. The van der Waals surface area contributed by atoms with Crippen LogP contribution in [0.15, 0.2) is 4.99 Å². The van der Waals surface area contributed by atoms with Crippen LogP contribution in [0.1, 0.15) is 47.0 Å². The predicted molar refractivity (Wildman–Crippen MR) is 81.3 cm³/mol. The van der Waals surface area contributed by atoms with Gasteiger partial charge in [0.2, 0.25) is 5.91 Å². The van der Waals surface area contributed by atoms with E-state index in [0.29, 0.717) is 13.0 Å². The molecule has 0 unspecified atom stereocenters. The van der Waals surface area contributed by atoms with Crippen LogP contribution in [-0.4, -0.2) is 38.0 Å². The molecule has 0 aliphatic carbocycles. The quantitative estimate of drug-likeness (QED) is 0.356. The van der Waals surface area contributed by atoms with E-state index >= 15 is 0 Å². The van der Waals surface area contributed by atoms with E-state index in [9.17, 15) is 4.79 Å². The second-order valence-electron chi connectivity index (χ2n) is 5.43. The summed E-state index contributed by atoms with van der Waals surface area (Å²) in [7, 11) is 1.74. The Morgan fingerprint density at radius 1 is 1.11 bits per heavy atom. The third-order valence-electron chi connectivity index (χ3n) is 2.57. The number of nitrogens with zero attached hydrogens (tertiary/aromatic N) is 1. The van der Waals surface area contributed by atoms with Gasteiger partial charge in [-0.15, -0.1) is 0 Å². The lowest BCUT2D eigenvalue weighted by Gasteiger charge is -2.13. The summed E-state index contributed by atoms with van der Waals surface area (Å²) in [5.74, 6) is 1.57. The van der Waals surface area contributed by atoms with E-state index in [-0.39, 0.29) is 11.9 Å². The van der Waals surface area contributed by atoms with Crippen molar-refractivity contribution in [2.45, 2.75) is 53.0 Å². The second kappa shape index (κ2) is 10.6. The fourth-order valence-electron chi connectivity index (χ4n) is 1.63. The van der Waals surface area contributed by atoms with E-state index in [1.807, 2.05) is 13.8 Å². The SMILES string of the molecule is CN=C(NCCCC(C)C)NCCC(=O)NC(C)C. The molecule has 5 heteroatoms. The number of hydrogen-bond acceptors (Lipinski definition) is 2. The summed E-state index contributed by atoms with van der Waals surface area (Å²) in [5, 5.41) is 9.25. The van der Waals surface area contributed by atoms with Crippen molar-refractivity contribution < 1.29 is 4.79 Å². The molecule has 0 spiro atoms. The Morgan fingerprint density at radius 2 is 1.74 bits per heavy atom. The van der Waals surface area contributed by atoms with Gasteiger partial charge in [-0.25, -0.2) is 0 Å². The summed E-state index contributed by atoms with van der Waals surface area (Å²) in [6.07, 6.45) is 2.80. The molecule has 0 aromatic rings. The van der Waals surface area contributed by atoms with Crippen molar-refractivity contribution in [2.75, 3.05) is 20.1 Å². The van der Waals surface area contributed by atoms with Gasteiger partial charge in [0.05, 0.1) is 0 Å². The number of carbonyl (C=O) groups excluding carboxylic acids is 1. The van der Waals surface area contributed by atoms with E-state index in [1.54, 1.807) is 7.05 Å². The van der Waals surface area contributed by atoms with E-state index in [1.165, 1.54) is 6.42 Å². The molecule has 0 radical (unpaired) electrons. The van der Waals surface area contributed by atoms with E-state index < -0.39 is 0 Å². The van der Waals surface area contributed by atoms with Crippen molar-refractivity contribution in [1.29, 1.82) is 0 Å². The lowest BCUT2D eigenvalue weighted by Crippen LogP contribution is -2.40. The van der Waals surface area contributed by atoms with Crippen LogP contribution in [0.4, 0.5) is 0 Å². The fraction of sp³-hybridized carbons (Fsp3) is 0.857. The van der Waals surface area contributed by atoms with Crippen LogP contribution < -0.4 is 16.0 Å². The highest BCUT2D eigenvalue weighted by Gasteiger charge is 2.03. The van der Waals surface area contributed by atoms with Gasteiger partial charge in [0, 0.05) is 32.6 Å². The molecule has 1 amide bonds. The zero-order chi connectivity index (χ0) is 14.7. The van der Waals surface area contributed by atoms with E-state index in [4.69, 9.17) is 0 Å². The number of hydrogen-bond donors (Lipinski definition) is 3. The maximum atomic E-state index is 11.4. The summed E-state index contributed by atoms with van der Waals surface area (Å²) in [4.78, 5) is 15.6. The van der Waals surface area contributed by atoms with Crippen molar-refractivity contribution in [3.63, 3.8) is 0 Å². The van der Waals surface area contributed by atoms with Crippen LogP contribution in [0, 0.1) is 5.92 Å². The van der Waals surface area contributed by atoms with Gasteiger partial charge in [0.25, 0.3) is 0 Å². The Hall–Kier alpha value is -1.26. The first-order chi connectivity index (χ1) is 8.95. The van der Waals surface area contributed by atoms with Crippen molar-refractivity contribution in [2.24, 2.45) is 10.9 Å². The third kappa shape index (κ3) is 11.6. The molecule has 5 nitrogen and oxygen atoms in total. The summed E-state index contributed by atoms with van der Waals surface area (Å²) < 4.78 is 0. The average molecular weight is 270 g/mol. The largest absolute Gasteiger partial charge is 0.356 e. The molecule has 0 fully saturated rings. The zero-order valence-corrected chi connectivity index (χ0v) is 13.0. The maximum absolute atomic E-state index is 11.4. The van der Waals surface area contributed by atoms with Crippen molar-refractivity contribution in [1.82, 2.24) is 16.0 Å². The van der Waals surface area contributed by atoms with Gasteiger partial charge in [-0.2, -0.15) is 0 Å². The highest BCUT2D eigenvalue weighted by atomic mass is 16.1. The van der Waals surface area contributed by atoms with Gasteiger partial charge in [0.1, 0.15) is 0 Å². The van der Waals surface area contributed by atoms with Gasteiger partial charge in [-0.3, -0.25) is 9.79 Å². The number of carbonyl (C=O) groups is 1. The Bertz CT molecular complexity index is 275. The first kappa shape index (κ1) is 17.7. The summed E-state index contributed by atoms with van der Waals surface area (Å²) in [6, 6.07) is 0.195. The topological polar surface area (TPSA) is 65.5 Å². The fourth-order valence-corrected chi connectivity index (χ4v) is 1.63. The minimum Gasteiger partial charge on any atom is -0.356 e. The molecule has 0 saturated carbocycles. The minimum absolute atomic E-state index is 0.0674. The number of nitrogens with one attached hydrogen (secondary N) is 3. The van der Waals surface area contributed by atoms with Gasteiger partial charge in [-0.1, -0.05) is 13.8 Å². The molecule has 0 aliphatic rings. The monoisotopic (exact) mass is 270 g/mol. The maximum Gasteiger partial charge on any atom is 0.221 e. The summed E-state index contributed by atoms with van der Waals surface area (Å²) in [6.45, 7) is 9.88. The van der Waals surface area contributed by atoms with Crippen molar-refractivity contribution in [3.8, 4) is 0 Å². The van der Waals surface area contributed by atoms with E-state index in [2.05, 4.69) is 34.8 Å². The lowest BCUT2D eigenvalue weighted by molar-refractivity contribution is -0.121. The second-order valence-corrected chi connectivity index (χ2v) is 5.43. The van der Waals surface area contributed by atoms with Crippen LogP contribution >= 0.6 is 0 Å². The molecular formula is C14H30N4O. The highest BCUT2D eigenvalue weighted by molar-refractivity contribution is 5.81. The number of rotatable bonds is 8. The van der Waals surface area contributed by atoms with Crippen LogP contribution in [-0.2, 0) is 4.79 Å². The lowest BCUT2D eigenvalue weighted by atomic mass is 10.1. The molecule has 0 heterocycles. The molecule has 3 N–H and O–H groups in total. The average Bonchev–Trinajstić information content (AvgIpc) is 2.30. The van der Waals surface area contributed by atoms with Crippen LogP contribution in [0.3, 0.4) is 0 Å². The Balaban J connectivity index is 3.68. The Kier molecular flexibility index (Phi) is 9.94. The molecule has 19 heavy (non-hydrogen) atoms. The molecule has 0 aromatic carbocycles. The molecule has 0 atom stereocenters. The van der Waals surface area contributed by atoms with Gasteiger partial charge in [-0.05, 0) is 32.6 Å². The first-order valence-corrected chi connectivity index (χ1v) is 7.19. The van der Waals surface area contributed by atoms with Gasteiger partial charge in [0.15, 0.2) is 5.96 Å². The van der Waals surface area contributed by atoms with Crippen molar-refractivity contribution in [3.05, 3.63) is 0 Å². The standard InChI is InChI=1S/C14H30N4O/c1-11(2)7-6-9-16-14(15-5)17-10-8-13(19)18-12(3)4/h11-12H,6-10H2,1-5H3,(H,18,19)(H2,15,16,17). The Labute approximate surface area is 117 Å². The van der Waals surface area contributed by atoms with Gasteiger partial charge < -0.3 is 16.0 Å². The van der Waals surface area contributed by atoms with Gasteiger partial charge >= 0.3 is 0 Å². The van der Waals surface area contributed by atoms with E-state index in [0.717, 1.165) is 24.8 Å². The molecule has 0 rings (SSSR count). The molecule has 0 saturated heterocycles. The number of amides is 1. The molecular weight excluding hydrogens is 240 g/mol. The molecule has 0 aliphatic heterocycles. The number of aliphatic imine (C=N–C) groups is 1. The summed E-state index contributed by atoms with van der Waals surface area (Å²) in [5.41, 5.74) is 0. The predicted octanol–water partition coefficient (Wildman–Crippen LogP) is 1.50. The third-order valence-corrected chi connectivity index (χ3v) is 2.57. The Morgan fingerprint density at radius 3 is 2.26 bits per heavy atom. The zero-order valence-electron chi connectivity index (χ0n) is 13.0.